The second kappa shape index (κ2) is 6.72. The molecule has 0 spiro atoms. The lowest BCUT2D eigenvalue weighted by Crippen LogP contribution is -2.16. The molecule has 1 fully saturated rings. The van der Waals surface area contributed by atoms with Crippen molar-refractivity contribution in [2.75, 3.05) is 0 Å². The lowest BCUT2D eigenvalue weighted by molar-refractivity contribution is -0.122. The van der Waals surface area contributed by atoms with Gasteiger partial charge in [-0.15, -0.1) is 0 Å². The average molecular weight is 330 g/mol. The van der Waals surface area contributed by atoms with Crippen LogP contribution in [0.3, 0.4) is 0 Å². The molecule has 0 aromatic heterocycles. The van der Waals surface area contributed by atoms with Gasteiger partial charge in [0.25, 0.3) is 0 Å². The van der Waals surface area contributed by atoms with Gasteiger partial charge in [-0.3, -0.25) is 4.79 Å². The van der Waals surface area contributed by atoms with E-state index in [1.165, 1.54) is 25.7 Å². The lowest BCUT2D eigenvalue weighted by atomic mass is 9.91. The Balaban J connectivity index is 2.01. The summed E-state index contributed by atoms with van der Waals surface area (Å²) in [5, 5.41) is 0.686. The van der Waals surface area contributed by atoms with Crippen LogP contribution < -0.4 is 0 Å². The highest BCUT2D eigenvalue weighted by atomic mass is 79.9. The van der Waals surface area contributed by atoms with Gasteiger partial charge in [0, 0.05) is 21.8 Å². The highest BCUT2D eigenvalue weighted by molar-refractivity contribution is 9.10. The summed E-state index contributed by atoms with van der Waals surface area (Å²) < 4.78 is 0.957. The smallest absolute Gasteiger partial charge is 0.140 e. The van der Waals surface area contributed by atoms with Crippen molar-refractivity contribution in [3.8, 4) is 0 Å². The van der Waals surface area contributed by atoms with E-state index in [4.69, 9.17) is 11.6 Å². The van der Waals surface area contributed by atoms with Crippen LogP contribution in [0.15, 0.2) is 22.7 Å². The Kier molecular flexibility index (Phi) is 5.25. The zero-order valence-electron chi connectivity index (χ0n) is 10.4. The SMILES string of the molecule is O=C(Cc1ccc(Br)cc1Cl)C1CCCCCC1. The summed E-state index contributed by atoms with van der Waals surface area (Å²) in [4.78, 5) is 12.3. The van der Waals surface area contributed by atoms with Gasteiger partial charge in [0.1, 0.15) is 5.78 Å². The molecule has 1 nitrogen and oxygen atoms in total. The number of halogens is 2. The van der Waals surface area contributed by atoms with Crippen molar-refractivity contribution in [2.45, 2.75) is 44.9 Å². The van der Waals surface area contributed by atoms with Crippen LogP contribution in [0.25, 0.3) is 0 Å². The van der Waals surface area contributed by atoms with Gasteiger partial charge in [0.05, 0.1) is 0 Å². The van der Waals surface area contributed by atoms with E-state index in [1.807, 2.05) is 18.2 Å². The molecule has 0 radical (unpaired) electrons. The summed E-state index contributed by atoms with van der Waals surface area (Å²) in [6.07, 6.45) is 7.57. The number of ketones is 1. The predicted octanol–water partition coefficient (Wildman–Crippen LogP) is 5.18. The van der Waals surface area contributed by atoms with E-state index in [9.17, 15) is 4.79 Å². The molecule has 0 saturated heterocycles. The second-order valence-electron chi connectivity index (χ2n) is 5.07. The second-order valence-corrected chi connectivity index (χ2v) is 6.39. The first-order valence-electron chi connectivity index (χ1n) is 6.63. The van der Waals surface area contributed by atoms with Crippen LogP contribution in [0.1, 0.15) is 44.1 Å². The largest absolute Gasteiger partial charge is 0.299 e. The zero-order valence-corrected chi connectivity index (χ0v) is 12.8. The van der Waals surface area contributed by atoms with Crippen LogP contribution in [-0.2, 0) is 11.2 Å². The Bertz CT molecular complexity index is 423. The minimum absolute atomic E-state index is 0.257. The molecule has 98 valence electrons. The fourth-order valence-corrected chi connectivity index (χ4v) is 3.34. The summed E-state index contributed by atoms with van der Waals surface area (Å²) in [5.74, 6) is 0.619. The molecule has 0 heterocycles. The van der Waals surface area contributed by atoms with Crippen molar-refractivity contribution in [3.63, 3.8) is 0 Å². The first kappa shape index (κ1) is 14.1. The number of hydrogen-bond donors (Lipinski definition) is 0. The van der Waals surface area contributed by atoms with Crippen molar-refractivity contribution in [2.24, 2.45) is 5.92 Å². The maximum atomic E-state index is 12.3. The lowest BCUT2D eigenvalue weighted by Gasteiger charge is -2.13. The third-order valence-electron chi connectivity index (χ3n) is 3.69. The molecule has 18 heavy (non-hydrogen) atoms. The molecule has 0 bridgehead atoms. The standard InChI is InChI=1S/C15H18BrClO/c16-13-8-7-12(14(17)10-13)9-15(18)11-5-3-1-2-4-6-11/h7-8,10-11H,1-6,9H2. The van der Waals surface area contributed by atoms with E-state index >= 15 is 0 Å². The topological polar surface area (TPSA) is 17.1 Å². The van der Waals surface area contributed by atoms with Crippen LogP contribution in [0.4, 0.5) is 0 Å². The number of carbonyl (C=O) groups is 1. The van der Waals surface area contributed by atoms with Crippen molar-refractivity contribution in [1.82, 2.24) is 0 Å². The minimum Gasteiger partial charge on any atom is -0.299 e. The van der Waals surface area contributed by atoms with Gasteiger partial charge >= 0.3 is 0 Å². The summed E-state index contributed by atoms with van der Waals surface area (Å²) in [5.41, 5.74) is 0.953. The van der Waals surface area contributed by atoms with Crippen LogP contribution in [0.2, 0.25) is 5.02 Å². The first-order chi connectivity index (χ1) is 8.66. The van der Waals surface area contributed by atoms with Gasteiger partial charge in [-0.1, -0.05) is 59.3 Å². The fourth-order valence-electron chi connectivity index (χ4n) is 2.60. The maximum Gasteiger partial charge on any atom is 0.140 e. The van der Waals surface area contributed by atoms with Crippen molar-refractivity contribution < 1.29 is 4.79 Å². The number of benzene rings is 1. The molecule has 1 aromatic rings. The van der Waals surface area contributed by atoms with E-state index in [2.05, 4.69) is 15.9 Å². The normalized spacial score (nSPS) is 17.4. The monoisotopic (exact) mass is 328 g/mol. The third-order valence-corrected chi connectivity index (χ3v) is 4.54. The molecule has 1 aliphatic rings. The van der Waals surface area contributed by atoms with Crippen molar-refractivity contribution in [1.29, 1.82) is 0 Å². The van der Waals surface area contributed by atoms with Gasteiger partial charge in [-0.05, 0) is 30.5 Å². The van der Waals surface area contributed by atoms with Crippen molar-refractivity contribution in [3.05, 3.63) is 33.3 Å². The number of hydrogen-bond acceptors (Lipinski definition) is 1. The molecule has 0 unspecified atom stereocenters. The molecule has 0 aliphatic heterocycles. The summed E-state index contributed by atoms with van der Waals surface area (Å²) in [6, 6.07) is 5.75. The van der Waals surface area contributed by atoms with Crippen molar-refractivity contribution >= 4 is 33.3 Å². The molecular weight excluding hydrogens is 312 g/mol. The van der Waals surface area contributed by atoms with Crippen LogP contribution >= 0.6 is 27.5 Å². The van der Waals surface area contributed by atoms with E-state index in [1.54, 1.807) is 0 Å². The minimum atomic E-state index is 0.257. The van der Waals surface area contributed by atoms with E-state index in [-0.39, 0.29) is 5.92 Å². The Morgan fingerprint density at radius 3 is 2.50 bits per heavy atom. The Labute approximate surface area is 122 Å². The highest BCUT2D eigenvalue weighted by Gasteiger charge is 2.20. The van der Waals surface area contributed by atoms with Crippen LogP contribution in [0, 0.1) is 5.92 Å². The van der Waals surface area contributed by atoms with Gasteiger partial charge in [0.15, 0.2) is 0 Å². The van der Waals surface area contributed by atoms with E-state index < -0.39 is 0 Å². The summed E-state index contributed by atoms with van der Waals surface area (Å²) in [7, 11) is 0. The molecule has 0 amide bonds. The maximum absolute atomic E-state index is 12.3. The van der Waals surface area contributed by atoms with Gasteiger partial charge in [0.2, 0.25) is 0 Å². The Morgan fingerprint density at radius 2 is 1.89 bits per heavy atom. The van der Waals surface area contributed by atoms with Gasteiger partial charge in [-0.25, -0.2) is 0 Å². The Morgan fingerprint density at radius 1 is 1.22 bits per heavy atom. The summed E-state index contributed by atoms with van der Waals surface area (Å²) in [6.45, 7) is 0. The molecule has 0 N–H and O–H groups in total. The zero-order chi connectivity index (χ0) is 13.0. The molecule has 1 aromatic carbocycles. The van der Waals surface area contributed by atoms with Gasteiger partial charge in [-0.2, -0.15) is 0 Å². The molecule has 1 aliphatic carbocycles. The third kappa shape index (κ3) is 3.83. The van der Waals surface area contributed by atoms with Gasteiger partial charge < -0.3 is 0 Å². The molecule has 1 saturated carbocycles. The summed E-state index contributed by atoms with van der Waals surface area (Å²) >= 11 is 9.54. The quantitative estimate of drug-likeness (QED) is 0.698. The molecule has 0 atom stereocenters. The van der Waals surface area contributed by atoms with Crippen LogP contribution in [-0.4, -0.2) is 5.78 Å². The van der Waals surface area contributed by atoms with Crippen LogP contribution in [0.5, 0.6) is 0 Å². The molecule has 3 heteroatoms. The number of carbonyl (C=O) groups excluding carboxylic acids is 1. The average Bonchev–Trinajstić information content (AvgIpc) is 2.61. The first-order valence-corrected chi connectivity index (χ1v) is 7.80. The predicted molar refractivity (Wildman–Crippen MR) is 79.1 cm³/mol. The highest BCUT2D eigenvalue weighted by Crippen LogP contribution is 2.27. The molecular formula is C15H18BrClO. The van der Waals surface area contributed by atoms with E-state index in [0.29, 0.717) is 17.2 Å². The molecule has 2 rings (SSSR count). The number of Topliss-reactive ketones (excluding diaryl/α,β-unsaturated/α-hetero) is 1. The number of rotatable bonds is 3. The Hall–Kier alpha value is -0.340. The van der Waals surface area contributed by atoms with E-state index in [0.717, 1.165) is 22.9 Å². The fraction of sp³-hybridized carbons (Fsp3) is 0.533.